The first-order valence-corrected chi connectivity index (χ1v) is 16.0. The molecule has 0 aliphatic rings. The number of ether oxygens (including phenoxy) is 2. The maximum atomic E-state index is 11.9. The molecule has 2 N–H and O–H groups in total. The van der Waals surface area contributed by atoms with Crippen LogP contribution in [-0.2, 0) is 25.0 Å². The van der Waals surface area contributed by atoms with E-state index in [2.05, 4.69) is 12.2 Å². The van der Waals surface area contributed by atoms with Crippen LogP contribution < -0.4 is 10.1 Å². The smallest absolute Gasteiger partial charge is 0.329 e. The average molecular weight is 556 g/mol. The molecule has 2 unspecified atom stereocenters. The monoisotopic (exact) mass is 555 g/mol. The SMILES string of the molecule is CCCCCCCCCCCCCCOc1ccc(CC(COP(O)OCCCNC)OC(=O)CC)cc1. The second-order valence-electron chi connectivity index (χ2n) is 9.87. The van der Waals surface area contributed by atoms with Gasteiger partial charge in [-0.05, 0) is 44.1 Å². The van der Waals surface area contributed by atoms with Crippen LogP contribution in [0.15, 0.2) is 24.3 Å². The number of benzene rings is 1. The summed E-state index contributed by atoms with van der Waals surface area (Å²) in [5, 5.41) is 3.02. The van der Waals surface area contributed by atoms with Gasteiger partial charge in [0.25, 0.3) is 0 Å². The maximum Gasteiger partial charge on any atom is 0.329 e. The fraction of sp³-hybridized carbons (Fsp3) is 0.767. The molecule has 0 amide bonds. The van der Waals surface area contributed by atoms with Crippen molar-refractivity contribution < 1.29 is 28.2 Å². The van der Waals surface area contributed by atoms with Crippen molar-refractivity contribution in [1.82, 2.24) is 5.32 Å². The zero-order valence-electron chi connectivity index (χ0n) is 24.3. The molecular weight excluding hydrogens is 501 g/mol. The Balaban J connectivity index is 2.23. The summed E-state index contributed by atoms with van der Waals surface area (Å²) >= 11 is 0. The number of esters is 1. The second kappa shape index (κ2) is 24.8. The van der Waals surface area contributed by atoms with Crippen molar-refractivity contribution in [2.24, 2.45) is 0 Å². The number of carbonyl (C=O) groups excluding carboxylic acids is 1. The molecule has 0 bridgehead atoms. The Morgan fingerprint density at radius 1 is 0.842 bits per heavy atom. The van der Waals surface area contributed by atoms with Crippen LogP contribution in [0.25, 0.3) is 0 Å². The highest BCUT2D eigenvalue weighted by molar-refractivity contribution is 7.40. The van der Waals surface area contributed by atoms with Gasteiger partial charge in [0.1, 0.15) is 11.9 Å². The van der Waals surface area contributed by atoms with E-state index < -0.39 is 14.7 Å². The van der Waals surface area contributed by atoms with E-state index in [1.54, 1.807) is 6.92 Å². The van der Waals surface area contributed by atoms with Crippen LogP contribution in [-0.4, -0.2) is 50.4 Å². The average Bonchev–Trinajstić information content (AvgIpc) is 2.93. The highest BCUT2D eigenvalue weighted by Crippen LogP contribution is 2.33. The van der Waals surface area contributed by atoms with Gasteiger partial charge < -0.3 is 28.7 Å². The molecule has 1 aromatic carbocycles. The van der Waals surface area contributed by atoms with Gasteiger partial charge in [-0.15, -0.1) is 0 Å². The van der Waals surface area contributed by atoms with Gasteiger partial charge in [0.15, 0.2) is 0 Å². The van der Waals surface area contributed by atoms with E-state index in [9.17, 15) is 9.69 Å². The third-order valence-corrected chi connectivity index (χ3v) is 7.16. The third kappa shape index (κ3) is 19.8. The van der Waals surface area contributed by atoms with Crippen molar-refractivity contribution in [2.75, 3.05) is 33.4 Å². The molecule has 0 aliphatic heterocycles. The normalized spacial score (nSPS) is 12.8. The molecule has 220 valence electrons. The van der Waals surface area contributed by atoms with E-state index in [-0.39, 0.29) is 19.0 Å². The molecule has 7 nitrogen and oxygen atoms in total. The van der Waals surface area contributed by atoms with Gasteiger partial charge in [-0.3, -0.25) is 4.79 Å². The number of rotatable bonds is 26. The first-order valence-electron chi connectivity index (χ1n) is 14.9. The molecule has 1 aromatic rings. The molecular formula is C30H54NO6P. The minimum atomic E-state index is -2.00. The molecule has 0 spiro atoms. The fourth-order valence-corrected chi connectivity index (χ4v) is 4.75. The van der Waals surface area contributed by atoms with Crippen LogP contribution in [0.2, 0.25) is 0 Å². The lowest BCUT2D eigenvalue weighted by molar-refractivity contribution is -0.150. The summed E-state index contributed by atoms with van der Waals surface area (Å²) < 4.78 is 22.2. The second-order valence-corrected chi connectivity index (χ2v) is 10.9. The molecule has 8 heteroatoms. The molecule has 0 heterocycles. The van der Waals surface area contributed by atoms with Crippen LogP contribution >= 0.6 is 8.60 Å². The molecule has 0 saturated heterocycles. The van der Waals surface area contributed by atoms with Gasteiger partial charge in [0, 0.05) is 12.8 Å². The van der Waals surface area contributed by atoms with Gasteiger partial charge in [-0.25, -0.2) is 0 Å². The lowest BCUT2D eigenvalue weighted by Crippen LogP contribution is -2.25. The summed E-state index contributed by atoms with van der Waals surface area (Å²) in [5.74, 6) is 0.558. The van der Waals surface area contributed by atoms with Crippen molar-refractivity contribution >= 4 is 14.6 Å². The summed E-state index contributed by atoms with van der Waals surface area (Å²) in [6.07, 6.45) is 17.0. The van der Waals surface area contributed by atoms with Gasteiger partial charge >= 0.3 is 14.6 Å². The van der Waals surface area contributed by atoms with E-state index >= 15 is 0 Å². The lowest BCUT2D eigenvalue weighted by atomic mass is 10.1. The number of hydrogen-bond donors (Lipinski definition) is 2. The first-order chi connectivity index (χ1) is 18.6. The lowest BCUT2D eigenvalue weighted by Gasteiger charge is -2.19. The van der Waals surface area contributed by atoms with Crippen LogP contribution in [0.4, 0.5) is 0 Å². The predicted octanol–water partition coefficient (Wildman–Crippen LogP) is 7.49. The summed E-state index contributed by atoms with van der Waals surface area (Å²) in [6.45, 7) is 6.05. The number of nitrogens with one attached hydrogen (secondary N) is 1. The maximum absolute atomic E-state index is 11.9. The van der Waals surface area contributed by atoms with Gasteiger partial charge in [0.2, 0.25) is 0 Å². The summed E-state index contributed by atoms with van der Waals surface area (Å²) in [5.41, 5.74) is 1.01. The van der Waals surface area contributed by atoms with E-state index in [4.69, 9.17) is 18.5 Å². The van der Waals surface area contributed by atoms with Crippen LogP contribution in [0.5, 0.6) is 5.75 Å². The van der Waals surface area contributed by atoms with E-state index in [1.165, 1.54) is 70.6 Å². The van der Waals surface area contributed by atoms with Crippen molar-refractivity contribution in [3.05, 3.63) is 29.8 Å². The Hall–Kier alpha value is -1.24. The molecule has 0 fully saturated rings. The standard InChI is InChI=1S/C30H54NO6P/c1-4-6-7-8-9-10-11-12-13-14-15-16-23-34-28-20-18-27(19-21-28)25-29(37-30(32)5-2)26-36-38(33)35-24-17-22-31-3/h18-21,29,31,33H,4-17,22-26H2,1-3H3. The minimum absolute atomic E-state index is 0.0805. The minimum Gasteiger partial charge on any atom is -0.494 e. The topological polar surface area (TPSA) is 86.2 Å². The predicted molar refractivity (Wildman–Crippen MR) is 156 cm³/mol. The van der Waals surface area contributed by atoms with Gasteiger partial charge in [0.05, 0.1) is 19.8 Å². The molecule has 0 saturated carbocycles. The molecule has 1 rings (SSSR count). The molecule has 0 aliphatic carbocycles. The highest BCUT2D eigenvalue weighted by Gasteiger charge is 2.18. The summed E-state index contributed by atoms with van der Waals surface area (Å²) in [7, 11) is -0.132. The van der Waals surface area contributed by atoms with Crippen LogP contribution in [0.3, 0.4) is 0 Å². The Kier molecular flexibility index (Phi) is 22.7. The molecule has 0 radical (unpaired) electrons. The number of carbonyl (C=O) groups is 1. The van der Waals surface area contributed by atoms with Crippen molar-refractivity contribution in [2.45, 2.75) is 116 Å². The van der Waals surface area contributed by atoms with E-state index in [0.717, 1.165) is 37.3 Å². The first kappa shape index (κ1) is 34.8. The Morgan fingerprint density at radius 2 is 1.45 bits per heavy atom. The van der Waals surface area contributed by atoms with E-state index in [1.807, 2.05) is 31.3 Å². The molecule has 0 aromatic heterocycles. The number of hydrogen-bond acceptors (Lipinski definition) is 7. The molecule has 38 heavy (non-hydrogen) atoms. The van der Waals surface area contributed by atoms with Crippen molar-refractivity contribution in [3.8, 4) is 5.75 Å². The zero-order chi connectivity index (χ0) is 27.7. The van der Waals surface area contributed by atoms with Gasteiger partial charge in [-0.2, -0.15) is 0 Å². The fourth-order valence-electron chi connectivity index (χ4n) is 4.10. The van der Waals surface area contributed by atoms with Crippen molar-refractivity contribution in [1.29, 1.82) is 0 Å². The Labute approximate surface area is 233 Å². The quantitative estimate of drug-likeness (QED) is 0.0696. The highest BCUT2D eigenvalue weighted by atomic mass is 31.2. The zero-order valence-corrected chi connectivity index (χ0v) is 25.2. The van der Waals surface area contributed by atoms with Crippen LogP contribution in [0, 0.1) is 0 Å². The van der Waals surface area contributed by atoms with Crippen molar-refractivity contribution in [3.63, 3.8) is 0 Å². The largest absolute Gasteiger partial charge is 0.494 e. The van der Waals surface area contributed by atoms with Gasteiger partial charge in [-0.1, -0.05) is 96.6 Å². The van der Waals surface area contributed by atoms with Crippen LogP contribution in [0.1, 0.15) is 109 Å². The Morgan fingerprint density at radius 3 is 2.03 bits per heavy atom. The number of unbranched alkanes of at least 4 members (excludes halogenated alkanes) is 11. The summed E-state index contributed by atoms with van der Waals surface area (Å²) in [4.78, 5) is 21.8. The summed E-state index contributed by atoms with van der Waals surface area (Å²) in [6, 6.07) is 7.89. The Bertz CT molecular complexity index is 675. The van der Waals surface area contributed by atoms with E-state index in [0.29, 0.717) is 13.0 Å². The third-order valence-electron chi connectivity index (χ3n) is 6.38. The molecule has 2 atom stereocenters.